The second-order valence-corrected chi connectivity index (χ2v) is 11.5. The maximum absolute atomic E-state index is 14.0. The van der Waals surface area contributed by atoms with Crippen LogP contribution in [0.15, 0.2) is 22.1 Å². The van der Waals surface area contributed by atoms with E-state index in [2.05, 4.69) is 68.0 Å². The van der Waals surface area contributed by atoms with Gasteiger partial charge in [-0.3, -0.25) is 0 Å². The Bertz CT molecular complexity index is 1210. The van der Waals surface area contributed by atoms with Gasteiger partial charge in [0, 0.05) is 38.4 Å². The average Bonchev–Trinajstić information content (AvgIpc) is 3.06. The molecule has 2 aliphatic rings. The number of thiol groups is 1. The van der Waals surface area contributed by atoms with Crippen molar-refractivity contribution in [2.24, 2.45) is 5.92 Å². The molecule has 2 aliphatic carbocycles. The average molecular weight is 512 g/mol. The zero-order valence-corrected chi connectivity index (χ0v) is 23.5. The highest BCUT2D eigenvalue weighted by Gasteiger charge is 2.12. The Balaban J connectivity index is 2.01. The number of thioether (sulfide) groups is 1. The Labute approximate surface area is 221 Å². The number of allylic oxidation sites excluding steroid dienone is 4. The van der Waals surface area contributed by atoms with E-state index < -0.39 is 0 Å². The number of hydrogen-bond donors (Lipinski definition) is 2. The molecule has 35 heavy (non-hydrogen) atoms. The summed E-state index contributed by atoms with van der Waals surface area (Å²) in [6.45, 7) is 6.34. The summed E-state index contributed by atoms with van der Waals surface area (Å²) in [5.74, 6) is 7.94. The Kier molecular flexibility index (Phi) is 11.9. The molecule has 0 radical (unpaired) electrons. The third-order valence-electron chi connectivity index (χ3n) is 6.70. The number of aromatic nitrogens is 1. The van der Waals surface area contributed by atoms with Crippen molar-refractivity contribution >= 4 is 48.7 Å². The molecule has 0 amide bonds. The first-order chi connectivity index (χ1) is 17.0. The van der Waals surface area contributed by atoms with Gasteiger partial charge >= 0.3 is 0 Å². The summed E-state index contributed by atoms with van der Waals surface area (Å²) >= 11 is 6.52. The van der Waals surface area contributed by atoms with Crippen molar-refractivity contribution < 1.29 is 4.39 Å². The maximum atomic E-state index is 14.0. The number of aromatic amines is 1. The largest absolute Gasteiger partial charge is 0.355 e. The third-order valence-corrected chi connectivity index (χ3v) is 8.19. The lowest BCUT2D eigenvalue weighted by Crippen LogP contribution is -2.38. The van der Waals surface area contributed by atoms with E-state index in [1.807, 2.05) is 11.8 Å². The molecule has 0 saturated carbocycles. The van der Waals surface area contributed by atoms with Crippen LogP contribution in [0.25, 0.3) is 24.3 Å². The van der Waals surface area contributed by atoms with Gasteiger partial charge in [-0.05, 0) is 56.1 Å². The van der Waals surface area contributed by atoms with Crippen molar-refractivity contribution in [3.8, 4) is 11.8 Å². The van der Waals surface area contributed by atoms with Gasteiger partial charge < -0.3 is 4.98 Å². The molecule has 0 aromatic carbocycles. The Morgan fingerprint density at radius 2 is 1.91 bits per heavy atom. The van der Waals surface area contributed by atoms with Gasteiger partial charge in [0.15, 0.2) is 0 Å². The molecule has 1 nitrogen and oxygen atoms in total. The molecule has 4 heteroatoms. The van der Waals surface area contributed by atoms with Gasteiger partial charge in [0.25, 0.3) is 0 Å². The lowest BCUT2D eigenvalue weighted by Gasteiger charge is -2.07. The maximum Gasteiger partial charge on any atom is 0.112 e. The second-order valence-electron chi connectivity index (χ2n) is 9.78. The van der Waals surface area contributed by atoms with Crippen molar-refractivity contribution in [3.05, 3.63) is 43.3 Å². The molecular formula is C31H42FNS2. The molecule has 0 fully saturated rings. The lowest BCUT2D eigenvalue weighted by molar-refractivity contribution is 0.539. The first-order valence-electron chi connectivity index (χ1n) is 13.4. The van der Waals surface area contributed by atoms with Crippen molar-refractivity contribution in [1.82, 2.24) is 4.98 Å². The van der Waals surface area contributed by atoms with Gasteiger partial charge in [-0.1, -0.05) is 75.7 Å². The molecule has 1 aromatic rings. The highest BCUT2D eigenvalue weighted by molar-refractivity contribution is 8.03. The van der Waals surface area contributed by atoms with Crippen molar-refractivity contribution in [2.45, 2.75) is 90.2 Å². The van der Waals surface area contributed by atoms with Crippen LogP contribution in [-0.2, 0) is 0 Å². The van der Waals surface area contributed by atoms with Crippen molar-refractivity contribution in [2.75, 3.05) is 12.4 Å². The Morgan fingerprint density at radius 3 is 2.69 bits per heavy atom. The van der Waals surface area contributed by atoms with Gasteiger partial charge in [0.1, 0.15) is 6.67 Å². The summed E-state index contributed by atoms with van der Waals surface area (Å²) in [6, 6.07) is 0. The molecule has 1 N–H and O–H groups in total. The summed E-state index contributed by atoms with van der Waals surface area (Å²) in [5, 5.41) is 4.45. The first-order valence-corrected chi connectivity index (χ1v) is 14.9. The molecule has 0 aliphatic heterocycles. The molecule has 0 saturated heterocycles. The fourth-order valence-corrected chi connectivity index (χ4v) is 6.06. The van der Waals surface area contributed by atoms with Gasteiger partial charge in [-0.25, -0.2) is 4.39 Å². The van der Waals surface area contributed by atoms with Crippen molar-refractivity contribution in [1.29, 1.82) is 0 Å². The number of hydrogen-bond acceptors (Lipinski definition) is 2. The SMILES string of the molecule is CCCCCCSC1=C(CF)CC=c2c([nH]c3/c2=C\C(/C=C(\C)CCCCC)CC#CC(S)/C=3)=C1. The van der Waals surface area contributed by atoms with Gasteiger partial charge in [-0.2, -0.15) is 12.6 Å². The molecule has 2 unspecified atom stereocenters. The zero-order valence-electron chi connectivity index (χ0n) is 21.8. The highest BCUT2D eigenvalue weighted by atomic mass is 32.2. The minimum atomic E-state index is -0.387. The van der Waals surface area contributed by atoms with Crippen LogP contribution >= 0.6 is 24.4 Å². The number of unbranched alkanes of at least 4 members (excludes halogenated alkanes) is 5. The molecule has 1 aromatic heterocycles. The number of fused-ring (bicyclic) bond motifs is 3. The van der Waals surface area contributed by atoms with E-state index in [4.69, 9.17) is 12.6 Å². The van der Waals surface area contributed by atoms with Gasteiger partial charge in [0.2, 0.25) is 0 Å². The van der Waals surface area contributed by atoms with E-state index in [0.29, 0.717) is 6.42 Å². The van der Waals surface area contributed by atoms with Crippen LogP contribution in [0.1, 0.15) is 85.0 Å². The topological polar surface area (TPSA) is 15.8 Å². The molecule has 3 rings (SSSR count). The first kappa shape index (κ1) is 28.0. The summed E-state index contributed by atoms with van der Waals surface area (Å²) < 4.78 is 14.0. The van der Waals surface area contributed by atoms with E-state index in [9.17, 15) is 4.39 Å². The standard InChI is InChI=1S/C31H42FNS2/c1-4-6-8-10-17-35-31-21-30-27(16-15-25(31)22-32)28-19-24(18-23(3)12-9-7-5-2)13-11-14-26(34)20-29(28)33-30/h16,18-21,24,26,33-34H,4-10,12-13,15,17,22H2,1-3H3/b23-18+,28-19-,29-20-. The zero-order chi connectivity index (χ0) is 25.0. The minimum Gasteiger partial charge on any atom is -0.355 e. The fourth-order valence-electron chi connectivity index (χ4n) is 4.71. The smallest absolute Gasteiger partial charge is 0.112 e. The van der Waals surface area contributed by atoms with E-state index in [0.717, 1.165) is 39.8 Å². The van der Waals surface area contributed by atoms with E-state index >= 15 is 0 Å². The van der Waals surface area contributed by atoms with Crippen LogP contribution in [0.5, 0.6) is 0 Å². The van der Waals surface area contributed by atoms with Gasteiger partial charge in [0.05, 0.1) is 5.25 Å². The number of H-pyrrole nitrogens is 1. The van der Waals surface area contributed by atoms with E-state index in [1.54, 1.807) is 0 Å². The Hall–Kier alpha value is -1.57. The van der Waals surface area contributed by atoms with Crippen LogP contribution in [0.4, 0.5) is 4.39 Å². The summed E-state index contributed by atoms with van der Waals surface area (Å²) in [5.41, 5.74) is 2.34. The van der Waals surface area contributed by atoms with Crippen LogP contribution in [-0.4, -0.2) is 22.7 Å². The second kappa shape index (κ2) is 14.9. The fraction of sp³-hybridized carbons (Fsp3) is 0.548. The molecule has 2 atom stereocenters. The predicted molar refractivity (Wildman–Crippen MR) is 158 cm³/mol. The lowest BCUT2D eigenvalue weighted by atomic mass is 9.98. The molecule has 0 bridgehead atoms. The quantitative estimate of drug-likeness (QED) is 0.154. The third kappa shape index (κ3) is 8.50. The van der Waals surface area contributed by atoms with Crippen molar-refractivity contribution in [3.63, 3.8) is 0 Å². The number of halogens is 1. The summed E-state index contributed by atoms with van der Waals surface area (Å²) in [6.07, 6.45) is 22.6. The molecule has 190 valence electrons. The van der Waals surface area contributed by atoms with Gasteiger partial charge in [-0.15, -0.1) is 17.7 Å². The summed E-state index contributed by atoms with van der Waals surface area (Å²) in [4.78, 5) is 4.73. The molecule has 1 heterocycles. The molecule has 0 spiro atoms. The number of nitrogens with one attached hydrogen (secondary N) is 1. The Morgan fingerprint density at radius 1 is 1.11 bits per heavy atom. The number of alkyl halides is 1. The van der Waals surface area contributed by atoms with Crippen LogP contribution in [0, 0.1) is 17.8 Å². The van der Waals surface area contributed by atoms with Crippen LogP contribution in [0.3, 0.4) is 0 Å². The summed E-state index contributed by atoms with van der Waals surface area (Å²) in [7, 11) is 0. The van der Waals surface area contributed by atoms with Crippen LogP contribution < -0.4 is 21.1 Å². The van der Waals surface area contributed by atoms with E-state index in [1.165, 1.54) is 61.0 Å². The predicted octanol–water partition coefficient (Wildman–Crippen LogP) is 5.93. The minimum absolute atomic E-state index is 0.109. The monoisotopic (exact) mass is 511 g/mol. The highest BCUT2D eigenvalue weighted by Crippen LogP contribution is 2.26. The number of rotatable bonds is 12. The van der Waals surface area contributed by atoms with Crippen LogP contribution in [0.2, 0.25) is 0 Å². The normalized spacial score (nSPS) is 21.8. The molecular weight excluding hydrogens is 469 g/mol. The van der Waals surface area contributed by atoms with E-state index in [-0.39, 0.29) is 17.8 Å².